The van der Waals surface area contributed by atoms with E-state index in [-0.39, 0.29) is 5.41 Å². The molecule has 0 bridgehead atoms. The van der Waals surface area contributed by atoms with Crippen LogP contribution in [0.2, 0.25) is 0 Å². The van der Waals surface area contributed by atoms with E-state index in [2.05, 4.69) is 164 Å². The van der Waals surface area contributed by atoms with Gasteiger partial charge < -0.3 is 8.98 Å². The number of hydrogen-bond donors (Lipinski definition) is 0. The second kappa shape index (κ2) is 14.3. The molecule has 0 saturated carbocycles. The molecule has 306 valence electrons. The van der Waals surface area contributed by atoms with E-state index in [4.69, 9.17) is 19.4 Å². The molecule has 3 aromatic heterocycles. The number of fused-ring (bicyclic) bond motifs is 9. The van der Waals surface area contributed by atoms with E-state index in [1.165, 1.54) is 44.1 Å². The molecule has 0 atom stereocenters. The van der Waals surface area contributed by atoms with Gasteiger partial charge in [-0.2, -0.15) is 0 Å². The topological polar surface area (TPSA) is 56.7 Å². The number of nitrogens with zero attached hydrogens (tertiary/aromatic N) is 4. The minimum Gasteiger partial charge on any atom is -0.456 e. The first-order valence-electron chi connectivity index (χ1n) is 22.2. The minimum absolute atomic E-state index is 0.100. The third kappa shape index (κ3) is 5.89. The van der Waals surface area contributed by atoms with Gasteiger partial charge in [-0.15, -0.1) is 0 Å². The summed E-state index contributed by atoms with van der Waals surface area (Å²) in [6.07, 6.45) is 0. The van der Waals surface area contributed by atoms with Crippen LogP contribution in [0.5, 0.6) is 0 Å². The van der Waals surface area contributed by atoms with Crippen LogP contribution in [0.1, 0.15) is 25.0 Å². The van der Waals surface area contributed by atoms with Crippen molar-refractivity contribution in [3.8, 4) is 73.2 Å². The van der Waals surface area contributed by atoms with Crippen LogP contribution in [-0.4, -0.2) is 19.5 Å². The molecule has 12 aromatic rings. The fourth-order valence-electron chi connectivity index (χ4n) is 10.3. The van der Waals surface area contributed by atoms with Gasteiger partial charge in [0.15, 0.2) is 17.5 Å². The fraction of sp³-hybridized carbons (Fsp3) is 0.0500. The molecule has 13 rings (SSSR count). The molecule has 0 radical (unpaired) electrons. The van der Waals surface area contributed by atoms with Crippen LogP contribution in [0, 0.1) is 0 Å². The normalized spacial score (nSPS) is 12.9. The summed E-state index contributed by atoms with van der Waals surface area (Å²) >= 11 is 0. The predicted molar refractivity (Wildman–Crippen MR) is 266 cm³/mol. The lowest BCUT2D eigenvalue weighted by atomic mass is 9.82. The molecule has 0 N–H and O–H groups in total. The Hall–Kier alpha value is -8.41. The van der Waals surface area contributed by atoms with Crippen LogP contribution >= 0.6 is 0 Å². The van der Waals surface area contributed by atoms with E-state index in [9.17, 15) is 0 Å². The minimum atomic E-state index is -0.100. The third-order valence-electron chi connectivity index (χ3n) is 13.4. The molecule has 1 aliphatic carbocycles. The molecule has 5 heteroatoms. The van der Waals surface area contributed by atoms with Crippen molar-refractivity contribution in [3.05, 3.63) is 217 Å². The Morgan fingerprint density at radius 1 is 0.369 bits per heavy atom. The van der Waals surface area contributed by atoms with Crippen molar-refractivity contribution in [2.45, 2.75) is 19.3 Å². The van der Waals surface area contributed by atoms with Gasteiger partial charge in [-0.1, -0.05) is 159 Å². The van der Waals surface area contributed by atoms with Gasteiger partial charge in [-0.3, -0.25) is 0 Å². The number of rotatable bonds is 6. The summed E-state index contributed by atoms with van der Waals surface area (Å²) in [4.78, 5) is 15.0. The Morgan fingerprint density at radius 2 is 0.938 bits per heavy atom. The Bertz CT molecular complexity index is 3790. The highest BCUT2D eigenvalue weighted by Gasteiger charge is 2.36. The van der Waals surface area contributed by atoms with Crippen LogP contribution in [0.4, 0.5) is 0 Å². The van der Waals surface area contributed by atoms with Crippen molar-refractivity contribution >= 4 is 43.7 Å². The third-order valence-corrected chi connectivity index (χ3v) is 13.4. The van der Waals surface area contributed by atoms with Crippen molar-refractivity contribution in [2.75, 3.05) is 0 Å². The smallest absolute Gasteiger partial charge is 0.164 e. The Kier molecular flexibility index (Phi) is 8.18. The quantitative estimate of drug-likeness (QED) is 0.167. The number of para-hydroxylation sites is 1. The standard InChI is InChI=1S/C60H40N4O/c1-60(2)50-26-13-12-24-45(50)46-35-48-47-33-39(28-30-52(47)64(53(48)36-51(46)60)43-22-10-5-11-23-43)40-29-31-54-49(34-40)56-44(25-15-27-55(56)65-54)41-20-14-21-42(32-41)59-62-57(37-16-6-3-7-17-37)61-58(63-59)38-18-8-4-9-19-38/h3-36H,1-2H3. The lowest BCUT2D eigenvalue weighted by Crippen LogP contribution is -2.14. The lowest BCUT2D eigenvalue weighted by Gasteiger charge is -2.21. The summed E-state index contributed by atoms with van der Waals surface area (Å²) in [6, 6.07) is 73.1. The van der Waals surface area contributed by atoms with E-state index in [0.717, 1.165) is 66.6 Å². The SMILES string of the molecule is CC1(C)c2ccccc2-c2cc3c4cc(-c5ccc6oc7cccc(-c8cccc(-c9nc(-c%10ccccc%10)nc(-c%10ccccc%10)n9)c8)c7c6c5)ccc4n(-c4ccccc4)c3cc21. The highest BCUT2D eigenvalue weighted by atomic mass is 16.3. The number of furan rings is 1. The van der Waals surface area contributed by atoms with Crippen molar-refractivity contribution in [3.63, 3.8) is 0 Å². The van der Waals surface area contributed by atoms with E-state index in [0.29, 0.717) is 17.5 Å². The van der Waals surface area contributed by atoms with Gasteiger partial charge in [0, 0.05) is 49.3 Å². The molecule has 0 aliphatic heterocycles. The Morgan fingerprint density at radius 3 is 1.68 bits per heavy atom. The van der Waals surface area contributed by atoms with Crippen molar-refractivity contribution in [2.24, 2.45) is 0 Å². The zero-order valence-electron chi connectivity index (χ0n) is 35.8. The van der Waals surface area contributed by atoms with Gasteiger partial charge >= 0.3 is 0 Å². The van der Waals surface area contributed by atoms with Gasteiger partial charge in [0.1, 0.15) is 11.2 Å². The predicted octanol–water partition coefficient (Wildman–Crippen LogP) is 15.5. The second-order valence-corrected chi connectivity index (χ2v) is 17.6. The van der Waals surface area contributed by atoms with Crippen molar-refractivity contribution in [1.82, 2.24) is 19.5 Å². The molecule has 0 unspecified atom stereocenters. The van der Waals surface area contributed by atoms with Gasteiger partial charge in [0.25, 0.3) is 0 Å². The van der Waals surface area contributed by atoms with Gasteiger partial charge in [-0.25, -0.2) is 15.0 Å². The fourth-order valence-corrected chi connectivity index (χ4v) is 10.3. The summed E-state index contributed by atoms with van der Waals surface area (Å²) in [5, 5.41) is 4.62. The van der Waals surface area contributed by atoms with Crippen LogP contribution < -0.4 is 0 Å². The Balaban J connectivity index is 0.956. The van der Waals surface area contributed by atoms with Crippen LogP contribution in [-0.2, 0) is 5.41 Å². The average molecular weight is 833 g/mol. The monoisotopic (exact) mass is 832 g/mol. The van der Waals surface area contributed by atoms with E-state index in [1.54, 1.807) is 0 Å². The molecule has 1 aliphatic rings. The van der Waals surface area contributed by atoms with Crippen molar-refractivity contribution in [1.29, 1.82) is 0 Å². The maximum Gasteiger partial charge on any atom is 0.164 e. The summed E-state index contributed by atoms with van der Waals surface area (Å²) in [5.74, 6) is 1.89. The summed E-state index contributed by atoms with van der Waals surface area (Å²) in [5.41, 5.74) is 17.8. The zero-order chi connectivity index (χ0) is 43.2. The summed E-state index contributed by atoms with van der Waals surface area (Å²) in [6.45, 7) is 4.71. The molecule has 5 nitrogen and oxygen atoms in total. The van der Waals surface area contributed by atoms with E-state index < -0.39 is 0 Å². The summed E-state index contributed by atoms with van der Waals surface area (Å²) < 4.78 is 9.02. The molecular weight excluding hydrogens is 793 g/mol. The molecule has 3 heterocycles. The molecule has 65 heavy (non-hydrogen) atoms. The highest BCUT2D eigenvalue weighted by Crippen LogP contribution is 2.51. The summed E-state index contributed by atoms with van der Waals surface area (Å²) in [7, 11) is 0. The maximum absolute atomic E-state index is 6.58. The molecular formula is C60H40N4O. The van der Waals surface area contributed by atoms with Crippen molar-refractivity contribution < 1.29 is 4.42 Å². The first-order valence-corrected chi connectivity index (χ1v) is 22.2. The second-order valence-electron chi connectivity index (χ2n) is 17.6. The molecule has 0 spiro atoms. The van der Waals surface area contributed by atoms with Gasteiger partial charge in [-0.05, 0) is 105 Å². The van der Waals surface area contributed by atoms with Crippen LogP contribution in [0.3, 0.4) is 0 Å². The van der Waals surface area contributed by atoms with Crippen LogP contribution in [0.15, 0.2) is 211 Å². The van der Waals surface area contributed by atoms with E-state index in [1.807, 2.05) is 60.7 Å². The number of hydrogen-bond acceptors (Lipinski definition) is 4. The molecule has 0 saturated heterocycles. The first kappa shape index (κ1) is 37.2. The van der Waals surface area contributed by atoms with Gasteiger partial charge in [0.2, 0.25) is 0 Å². The number of aromatic nitrogens is 4. The zero-order valence-corrected chi connectivity index (χ0v) is 35.8. The Labute approximate surface area is 376 Å². The molecule has 9 aromatic carbocycles. The average Bonchev–Trinajstić information content (AvgIpc) is 3.98. The highest BCUT2D eigenvalue weighted by molar-refractivity contribution is 6.15. The van der Waals surface area contributed by atoms with E-state index >= 15 is 0 Å². The molecule has 0 fully saturated rings. The van der Waals surface area contributed by atoms with Gasteiger partial charge in [0.05, 0.1) is 11.0 Å². The maximum atomic E-state index is 6.58. The number of benzene rings is 9. The lowest BCUT2D eigenvalue weighted by molar-refractivity contribution is 0.661. The van der Waals surface area contributed by atoms with Crippen LogP contribution in [0.25, 0.3) is 117 Å². The first-order chi connectivity index (χ1) is 32.0. The molecule has 0 amide bonds. The largest absolute Gasteiger partial charge is 0.456 e.